The lowest BCUT2D eigenvalue weighted by Crippen LogP contribution is -2.64. The first-order chi connectivity index (χ1) is 23.6. The summed E-state index contributed by atoms with van der Waals surface area (Å²) in [5.74, 6) is 1.24. The van der Waals surface area contributed by atoms with Crippen LogP contribution in [0.25, 0.3) is 21.5 Å². The summed E-state index contributed by atoms with van der Waals surface area (Å²) in [5.41, 5.74) is 4.03. The number of carbonyl (C=O) groups is 1. The van der Waals surface area contributed by atoms with E-state index in [1.54, 1.807) is 11.3 Å². The minimum atomic E-state index is -4.13. The minimum absolute atomic E-state index is 0.0846. The zero-order valence-corrected chi connectivity index (χ0v) is 29.1. The number of amides is 1. The average molecular weight is 741 g/mol. The number of aromatic hydroxyl groups is 1. The van der Waals surface area contributed by atoms with Crippen LogP contribution in [0.2, 0.25) is 10.0 Å². The second-order valence-electron chi connectivity index (χ2n) is 12.7. The number of rotatable bonds is 10. The van der Waals surface area contributed by atoms with Crippen molar-refractivity contribution in [1.29, 1.82) is 0 Å². The number of hydrogen-bond donors (Lipinski definition) is 3. The molecule has 2 aliphatic carbocycles. The van der Waals surface area contributed by atoms with Crippen LogP contribution >= 0.6 is 34.5 Å². The maximum atomic E-state index is 12.4. The van der Waals surface area contributed by atoms with Gasteiger partial charge in [0.1, 0.15) is 23.8 Å². The number of sulfonamides is 1. The Balaban J connectivity index is 0.892. The molecule has 0 spiro atoms. The number of benzene rings is 3. The van der Waals surface area contributed by atoms with Gasteiger partial charge in [-0.25, -0.2) is 22.9 Å². The standard InChI is InChI=1S/C34H31Cl2N5O6S2/c35-26-2-1-3-27(36)30(26)31-25(32(47-39-31)19-5-6-19)16-37-20-13-21-15-22(14-20)41(21)33-38-28-11-4-18(12-29(28)48-33)17-46-34(43)40-49(44,45)24-9-7-23(42)8-10-24/h1-4,7-12,19-22,37,42H,5-6,13-17H2,(H,40,43). The van der Waals surface area contributed by atoms with Gasteiger partial charge in [0.25, 0.3) is 10.0 Å². The lowest BCUT2D eigenvalue weighted by Gasteiger charge is -2.55. The van der Waals surface area contributed by atoms with Crippen molar-refractivity contribution in [3.8, 4) is 17.0 Å². The van der Waals surface area contributed by atoms with Crippen molar-refractivity contribution in [2.75, 3.05) is 4.90 Å². The van der Waals surface area contributed by atoms with Gasteiger partial charge in [0, 0.05) is 41.7 Å². The summed E-state index contributed by atoms with van der Waals surface area (Å²) in [6, 6.07) is 17.0. The summed E-state index contributed by atoms with van der Waals surface area (Å²) in [5, 5.41) is 19.7. The second kappa shape index (κ2) is 12.8. The van der Waals surface area contributed by atoms with Gasteiger partial charge in [0.15, 0.2) is 5.13 Å². The molecule has 254 valence electrons. The van der Waals surface area contributed by atoms with Gasteiger partial charge in [0.05, 0.1) is 25.2 Å². The molecule has 2 atom stereocenters. The SMILES string of the molecule is O=C(NS(=O)(=O)c1ccc(O)cc1)OCc1ccc2nc(N3C4CC(NCc5c(-c6c(Cl)cccc6Cl)noc5C5CC5)CC3C4)sc2c1. The fraction of sp³-hybridized carbons (Fsp3) is 0.324. The number of nitrogens with one attached hydrogen (secondary N) is 2. The third-order valence-electron chi connectivity index (χ3n) is 9.37. The van der Waals surface area contributed by atoms with Crippen molar-refractivity contribution in [2.45, 2.75) is 74.2 Å². The van der Waals surface area contributed by atoms with Gasteiger partial charge < -0.3 is 24.6 Å². The van der Waals surface area contributed by atoms with Crippen LogP contribution < -0.4 is 14.9 Å². The quantitative estimate of drug-likeness (QED) is 0.133. The number of aromatic nitrogens is 2. The van der Waals surface area contributed by atoms with Gasteiger partial charge in [-0.2, -0.15) is 0 Å². The fourth-order valence-electron chi connectivity index (χ4n) is 6.81. The first kappa shape index (κ1) is 32.3. The number of carbonyl (C=O) groups excluding carboxylic acids is 1. The normalized spacial score (nSPS) is 20.3. The average Bonchev–Trinajstić information content (AvgIpc) is 3.70. The number of hydrogen-bond acceptors (Lipinski definition) is 11. The largest absolute Gasteiger partial charge is 0.508 e. The molecule has 49 heavy (non-hydrogen) atoms. The van der Waals surface area contributed by atoms with Crippen LogP contribution in [0, 0.1) is 0 Å². The molecule has 2 saturated heterocycles. The molecule has 2 unspecified atom stereocenters. The number of ether oxygens (including phenoxy) is 1. The van der Waals surface area contributed by atoms with Crippen LogP contribution in [-0.2, 0) is 27.9 Å². The Kier molecular flexibility index (Phi) is 8.43. The molecule has 2 aliphatic heterocycles. The summed E-state index contributed by atoms with van der Waals surface area (Å²) >= 11 is 14.7. The van der Waals surface area contributed by atoms with Gasteiger partial charge in [-0.1, -0.05) is 51.8 Å². The summed E-state index contributed by atoms with van der Waals surface area (Å²) < 4.78 is 38.8. The molecule has 2 bridgehead atoms. The fourth-order valence-corrected chi connectivity index (χ4v) is 9.45. The van der Waals surface area contributed by atoms with E-state index in [0.29, 0.717) is 57.5 Å². The molecule has 2 aromatic heterocycles. The Morgan fingerprint density at radius 2 is 1.78 bits per heavy atom. The molecule has 15 heteroatoms. The van der Waals surface area contributed by atoms with Crippen LogP contribution in [-0.4, -0.2) is 47.9 Å². The molecule has 5 aromatic rings. The smallest absolute Gasteiger partial charge is 0.421 e. The van der Waals surface area contributed by atoms with Crippen molar-refractivity contribution in [3.05, 3.63) is 87.6 Å². The molecule has 4 fully saturated rings. The number of piperidine rings is 1. The van der Waals surface area contributed by atoms with E-state index in [1.807, 2.05) is 41.1 Å². The molecule has 4 heterocycles. The Bertz CT molecular complexity index is 2140. The number of fused-ring (bicyclic) bond motifs is 3. The molecular formula is C34H31Cl2N5O6S2. The van der Waals surface area contributed by atoms with E-state index >= 15 is 0 Å². The van der Waals surface area contributed by atoms with Crippen LogP contribution in [0.1, 0.15) is 54.9 Å². The molecule has 3 N–H and O–H groups in total. The summed E-state index contributed by atoms with van der Waals surface area (Å²) in [4.78, 5) is 19.5. The maximum Gasteiger partial charge on any atom is 0.421 e. The lowest BCUT2D eigenvalue weighted by molar-refractivity contribution is 0.146. The third-order valence-corrected chi connectivity index (χ3v) is 12.4. The first-order valence-corrected chi connectivity index (χ1v) is 19.0. The van der Waals surface area contributed by atoms with E-state index in [0.717, 1.165) is 58.8 Å². The van der Waals surface area contributed by atoms with Crippen molar-refractivity contribution in [1.82, 2.24) is 20.2 Å². The Morgan fingerprint density at radius 3 is 2.49 bits per heavy atom. The summed E-state index contributed by atoms with van der Waals surface area (Å²) in [6.07, 6.45) is 4.19. The zero-order chi connectivity index (χ0) is 33.9. The minimum Gasteiger partial charge on any atom is -0.508 e. The Hall–Kier alpha value is -3.88. The van der Waals surface area contributed by atoms with Gasteiger partial charge in [-0.05, 0) is 86.2 Å². The highest BCUT2D eigenvalue weighted by atomic mass is 35.5. The third kappa shape index (κ3) is 6.45. The molecule has 1 amide bonds. The highest BCUT2D eigenvalue weighted by Crippen LogP contribution is 2.47. The highest BCUT2D eigenvalue weighted by Gasteiger charge is 2.46. The monoisotopic (exact) mass is 739 g/mol. The van der Waals surface area contributed by atoms with Crippen LogP contribution in [0.4, 0.5) is 9.93 Å². The molecule has 9 rings (SSSR count). The van der Waals surface area contributed by atoms with E-state index < -0.39 is 16.1 Å². The predicted octanol–water partition coefficient (Wildman–Crippen LogP) is 7.36. The summed E-state index contributed by atoms with van der Waals surface area (Å²) in [7, 11) is -4.13. The number of nitrogens with zero attached hydrogens (tertiary/aromatic N) is 3. The Labute approximate surface area is 296 Å². The molecule has 2 saturated carbocycles. The van der Waals surface area contributed by atoms with Crippen molar-refractivity contribution >= 4 is 66.0 Å². The van der Waals surface area contributed by atoms with E-state index in [4.69, 9.17) is 37.4 Å². The molecule has 4 aliphatic rings. The maximum absolute atomic E-state index is 12.4. The van der Waals surface area contributed by atoms with Crippen molar-refractivity contribution < 1.29 is 27.6 Å². The second-order valence-corrected chi connectivity index (χ2v) is 16.2. The van der Waals surface area contributed by atoms with E-state index in [-0.39, 0.29) is 17.3 Å². The van der Waals surface area contributed by atoms with E-state index in [1.165, 1.54) is 24.3 Å². The zero-order valence-electron chi connectivity index (χ0n) is 25.9. The van der Waals surface area contributed by atoms with Crippen LogP contribution in [0.3, 0.4) is 0 Å². The van der Waals surface area contributed by atoms with Crippen LogP contribution in [0.5, 0.6) is 5.75 Å². The van der Waals surface area contributed by atoms with Crippen molar-refractivity contribution in [2.24, 2.45) is 0 Å². The Morgan fingerprint density at radius 1 is 1.04 bits per heavy atom. The van der Waals surface area contributed by atoms with Gasteiger partial charge in [0.2, 0.25) is 0 Å². The molecular weight excluding hydrogens is 709 g/mol. The van der Waals surface area contributed by atoms with Gasteiger partial charge >= 0.3 is 6.09 Å². The van der Waals surface area contributed by atoms with Gasteiger partial charge in [-0.3, -0.25) is 0 Å². The number of thiazole rings is 1. The number of halogens is 2. The van der Waals surface area contributed by atoms with E-state index in [2.05, 4.69) is 15.4 Å². The summed E-state index contributed by atoms with van der Waals surface area (Å²) in [6.45, 7) is 0.518. The number of anilines is 1. The van der Waals surface area contributed by atoms with Gasteiger partial charge in [-0.15, -0.1) is 0 Å². The molecule has 3 aromatic carbocycles. The van der Waals surface area contributed by atoms with E-state index in [9.17, 15) is 18.3 Å². The molecule has 11 nitrogen and oxygen atoms in total. The number of phenolic OH excluding ortho intramolecular Hbond substituents is 1. The highest BCUT2D eigenvalue weighted by molar-refractivity contribution is 7.90. The first-order valence-electron chi connectivity index (χ1n) is 16.0. The molecule has 0 radical (unpaired) electrons. The van der Waals surface area contributed by atoms with Crippen molar-refractivity contribution in [3.63, 3.8) is 0 Å². The topological polar surface area (TPSA) is 147 Å². The van der Waals surface area contributed by atoms with Crippen LogP contribution in [0.15, 0.2) is 70.1 Å². The number of phenols is 1. The lowest BCUT2D eigenvalue weighted by atomic mass is 9.77. The predicted molar refractivity (Wildman–Crippen MR) is 187 cm³/mol.